The van der Waals surface area contributed by atoms with Crippen molar-refractivity contribution in [2.45, 2.75) is 12.8 Å². The van der Waals surface area contributed by atoms with Crippen molar-refractivity contribution < 1.29 is 19.4 Å². The Hall–Kier alpha value is -2.34. The molecule has 0 aliphatic carbocycles. The monoisotopic (exact) mass is 319 g/mol. The third kappa shape index (κ3) is 5.57. The van der Waals surface area contributed by atoms with Crippen LogP contribution in [0.2, 0.25) is 0 Å². The Bertz CT molecular complexity index is 608. The lowest BCUT2D eigenvalue weighted by molar-refractivity contribution is -0.139. The van der Waals surface area contributed by atoms with Gasteiger partial charge in [-0.05, 0) is 35.6 Å². The molecule has 0 radical (unpaired) electrons. The normalized spacial score (nSPS) is 10.2. The van der Waals surface area contributed by atoms with Gasteiger partial charge in [-0.25, -0.2) is 4.79 Å². The molecule has 0 aliphatic heterocycles. The Morgan fingerprint density at radius 1 is 1.18 bits per heavy atom. The minimum absolute atomic E-state index is 0.0175. The van der Waals surface area contributed by atoms with Gasteiger partial charge in [0.25, 0.3) is 0 Å². The van der Waals surface area contributed by atoms with Gasteiger partial charge in [0.2, 0.25) is 5.91 Å². The van der Waals surface area contributed by atoms with Crippen molar-refractivity contribution in [3.63, 3.8) is 0 Å². The average molecular weight is 319 g/mol. The number of carbonyl (C=O) groups is 2. The topological polar surface area (TPSA) is 75.6 Å². The quantitative estimate of drug-likeness (QED) is 0.781. The van der Waals surface area contributed by atoms with Gasteiger partial charge in [0.1, 0.15) is 5.75 Å². The van der Waals surface area contributed by atoms with Crippen LogP contribution >= 0.6 is 11.3 Å². The second-order valence-corrected chi connectivity index (χ2v) is 5.71. The summed E-state index contributed by atoms with van der Waals surface area (Å²) in [5, 5.41) is 13.4. The van der Waals surface area contributed by atoms with Crippen molar-refractivity contribution in [2.75, 3.05) is 13.2 Å². The van der Waals surface area contributed by atoms with Crippen LogP contribution < -0.4 is 10.1 Å². The number of carbonyl (C=O) groups excluding carboxylic acids is 1. The van der Waals surface area contributed by atoms with E-state index < -0.39 is 5.97 Å². The molecular weight excluding hydrogens is 302 g/mol. The van der Waals surface area contributed by atoms with Gasteiger partial charge in [0.05, 0.1) is 6.42 Å². The maximum atomic E-state index is 11.7. The van der Waals surface area contributed by atoms with Crippen molar-refractivity contribution >= 4 is 23.2 Å². The lowest BCUT2D eigenvalue weighted by Gasteiger charge is -2.06. The highest BCUT2D eigenvalue weighted by molar-refractivity contribution is 7.10. The van der Waals surface area contributed by atoms with Gasteiger partial charge in [0.15, 0.2) is 6.61 Å². The van der Waals surface area contributed by atoms with E-state index in [9.17, 15) is 9.59 Å². The van der Waals surface area contributed by atoms with E-state index in [1.165, 1.54) is 0 Å². The fourth-order valence-electron chi connectivity index (χ4n) is 1.88. The van der Waals surface area contributed by atoms with Gasteiger partial charge >= 0.3 is 5.97 Å². The van der Waals surface area contributed by atoms with Crippen LogP contribution in [0.3, 0.4) is 0 Å². The fourth-order valence-corrected chi connectivity index (χ4v) is 2.58. The molecule has 116 valence electrons. The number of rotatable bonds is 8. The molecule has 5 nitrogen and oxygen atoms in total. The summed E-state index contributed by atoms with van der Waals surface area (Å²) in [5.41, 5.74) is 1.05. The van der Waals surface area contributed by atoms with Crippen molar-refractivity contribution in [1.82, 2.24) is 5.32 Å². The van der Waals surface area contributed by atoms with E-state index >= 15 is 0 Å². The lowest BCUT2D eigenvalue weighted by atomic mass is 10.1. The number of amides is 1. The summed E-state index contributed by atoms with van der Waals surface area (Å²) in [5.74, 6) is -0.464. The third-order valence-electron chi connectivity index (χ3n) is 2.94. The van der Waals surface area contributed by atoms with Crippen molar-refractivity contribution in [3.05, 3.63) is 52.2 Å². The van der Waals surface area contributed by atoms with Gasteiger partial charge < -0.3 is 15.2 Å². The van der Waals surface area contributed by atoms with E-state index in [-0.39, 0.29) is 12.5 Å². The van der Waals surface area contributed by atoms with Crippen LogP contribution in [0, 0.1) is 0 Å². The molecule has 2 N–H and O–H groups in total. The van der Waals surface area contributed by atoms with E-state index in [4.69, 9.17) is 9.84 Å². The molecule has 1 amide bonds. The molecule has 0 aliphatic rings. The summed E-state index contributed by atoms with van der Waals surface area (Å²) in [4.78, 5) is 23.2. The fraction of sp³-hybridized carbons (Fsp3) is 0.250. The first kappa shape index (κ1) is 16.0. The molecule has 22 heavy (non-hydrogen) atoms. The second kappa shape index (κ2) is 8.19. The van der Waals surface area contributed by atoms with Crippen LogP contribution in [0.1, 0.15) is 10.4 Å². The number of carboxylic acids is 1. The summed E-state index contributed by atoms with van der Waals surface area (Å²) < 4.78 is 5.06. The molecule has 2 rings (SSSR count). The molecular formula is C16H17NO4S. The van der Waals surface area contributed by atoms with Crippen LogP contribution in [0.5, 0.6) is 5.75 Å². The third-order valence-corrected chi connectivity index (χ3v) is 3.81. The molecule has 1 aromatic heterocycles. The van der Waals surface area contributed by atoms with Gasteiger partial charge in [-0.1, -0.05) is 18.2 Å². The van der Waals surface area contributed by atoms with Crippen LogP contribution in [-0.4, -0.2) is 30.1 Å². The molecule has 1 heterocycles. The Balaban J connectivity index is 1.70. The highest BCUT2D eigenvalue weighted by atomic mass is 32.1. The molecule has 0 fully saturated rings. The van der Waals surface area contributed by atoms with E-state index in [0.29, 0.717) is 18.7 Å². The predicted molar refractivity (Wildman–Crippen MR) is 84.3 cm³/mol. The standard InChI is InChI=1S/C16H17NO4S/c18-15(10-14-2-1-9-22-14)17-8-7-12-3-5-13(6-4-12)21-11-16(19)20/h1-6,9H,7-8,10-11H2,(H,17,18)(H,19,20). The number of hydrogen-bond acceptors (Lipinski definition) is 4. The Labute approximate surface area is 132 Å². The number of aliphatic carboxylic acids is 1. The number of benzene rings is 1. The Kier molecular flexibility index (Phi) is 5.97. The molecule has 0 unspecified atom stereocenters. The molecule has 2 aromatic rings. The zero-order valence-corrected chi connectivity index (χ0v) is 12.8. The number of carboxylic acid groups (broad SMARTS) is 1. The Morgan fingerprint density at radius 2 is 1.95 bits per heavy atom. The highest BCUT2D eigenvalue weighted by Gasteiger charge is 2.04. The minimum atomic E-state index is -1.00. The molecule has 0 saturated heterocycles. The molecule has 0 bridgehead atoms. The summed E-state index contributed by atoms with van der Waals surface area (Å²) in [6, 6.07) is 11.1. The van der Waals surface area contributed by atoms with Crippen LogP contribution in [0.25, 0.3) is 0 Å². The first-order valence-corrected chi connectivity index (χ1v) is 7.74. The van der Waals surface area contributed by atoms with Crippen LogP contribution in [-0.2, 0) is 22.4 Å². The maximum absolute atomic E-state index is 11.7. The van der Waals surface area contributed by atoms with Gasteiger partial charge in [-0.15, -0.1) is 11.3 Å². The van der Waals surface area contributed by atoms with E-state index in [1.807, 2.05) is 29.6 Å². The van der Waals surface area contributed by atoms with Crippen LogP contribution in [0.4, 0.5) is 0 Å². The van der Waals surface area contributed by atoms with Crippen molar-refractivity contribution in [2.24, 2.45) is 0 Å². The molecule has 0 atom stereocenters. The first-order chi connectivity index (χ1) is 10.6. The lowest BCUT2D eigenvalue weighted by Crippen LogP contribution is -2.26. The molecule has 0 spiro atoms. The smallest absolute Gasteiger partial charge is 0.341 e. The maximum Gasteiger partial charge on any atom is 0.341 e. The predicted octanol–water partition coefficient (Wildman–Crippen LogP) is 2.11. The number of thiophene rings is 1. The zero-order valence-electron chi connectivity index (χ0n) is 12.0. The highest BCUT2D eigenvalue weighted by Crippen LogP contribution is 2.12. The summed E-state index contributed by atoms with van der Waals surface area (Å²) >= 11 is 1.57. The summed E-state index contributed by atoms with van der Waals surface area (Å²) in [6.07, 6.45) is 1.13. The number of hydrogen-bond donors (Lipinski definition) is 2. The van der Waals surface area contributed by atoms with Crippen LogP contribution in [0.15, 0.2) is 41.8 Å². The summed E-state index contributed by atoms with van der Waals surface area (Å²) in [7, 11) is 0. The largest absolute Gasteiger partial charge is 0.482 e. The number of ether oxygens (including phenoxy) is 1. The molecule has 0 saturated carbocycles. The van der Waals surface area contributed by atoms with Gasteiger partial charge in [-0.2, -0.15) is 0 Å². The molecule has 1 aromatic carbocycles. The first-order valence-electron chi connectivity index (χ1n) is 6.86. The minimum Gasteiger partial charge on any atom is -0.482 e. The SMILES string of the molecule is O=C(O)COc1ccc(CCNC(=O)Cc2cccs2)cc1. The Morgan fingerprint density at radius 3 is 2.59 bits per heavy atom. The second-order valence-electron chi connectivity index (χ2n) is 4.68. The zero-order chi connectivity index (χ0) is 15.8. The van der Waals surface area contributed by atoms with E-state index in [0.717, 1.165) is 16.9 Å². The van der Waals surface area contributed by atoms with Crippen molar-refractivity contribution in [1.29, 1.82) is 0 Å². The number of nitrogens with one attached hydrogen (secondary N) is 1. The van der Waals surface area contributed by atoms with E-state index in [2.05, 4.69) is 5.32 Å². The van der Waals surface area contributed by atoms with Gasteiger partial charge in [0, 0.05) is 11.4 Å². The summed E-state index contributed by atoms with van der Waals surface area (Å²) in [6.45, 7) is 0.220. The van der Waals surface area contributed by atoms with Gasteiger partial charge in [-0.3, -0.25) is 4.79 Å². The average Bonchev–Trinajstić information content (AvgIpc) is 2.99. The van der Waals surface area contributed by atoms with E-state index in [1.54, 1.807) is 23.5 Å². The molecule has 6 heteroatoms. The van der Waals surface area contributed by atoms with Crippen molar-refractivity contribution in [3.8, 4) is 5.75 Å².